The van der Waals surface area contributed by atoms with Crippen molar-refractivity contribution in [1.29, 1.82) is 0 Å². The van der Waals surface area contributed by atoms with Crippen molar-refractivity contribution in [1.82, 2.24) is 14.8 Å². The molecule has 1 aromatic carbocycles. The number of benzene rings is 1. The Labute approximate surface area is 177 Å². The lowest BCUT2D eigenvalue weighted by molar-refractivity contribution is 0.0443. The van der Waals surface area contributed by atoms with Gasteiger partial charge in [0.2, 0.25) is 0 Å². The van der Waals surface area contributed by atoms with Gasteiger partial charge in [0, 0.05) is 48.4 Å². The summed E-state index contributed by atoms with van der Waals surface area (Å²) in [4.78, 5) is 20.5. The molecule has 3 atom stereocenters. The van der Waals surface area contributed by atoms with Gasteiger partial charge in [0.05, 0.1) is 11.6 Å². The third-order valence-electron chi connectivity index (χ3n) is 7.16. The lowest BCUT2D eigenvalue weighted by Gasteiger charge is -2.45. The molecule has 156 valence electrons. The van der Waals surface area contributed by atoms with Crippen molar-refractivity contribution in [2.75, 3.05) is 39.5 Å². The first-order chi connectivity index (χ1) is 14.2. The second-order valence-electron chi connectivity index (χ2n) is 8.95. The number of rotatable bonds is 3. The van der Waals surface area contributed by atoms with Crippen LogP contribution in [0.2, 0.25) is 0 Å². The second kappa shape index (κ2) is 7.88. The maximum Gasteiger partial charge on any atom is 0.409 e. The van der Waals surface area contributed by atoms with Crippen LogP contribution in [0.3, 0.4) is 0 Å². The van der Waals surface area contributed by atoms with Crippen LogP contribution in [0.4, 0.5) is 4.79 Å². The highest BCUT2D eigenvalue weighted by atomic mass is 32.2. The van der Waals surface area contributed by atoms with Gasteiger partial charge in [-0.05, 0) is 62.6 Å². The molecule has 0 saturated carbocycles. The molecule has 29 heavy (non-hydrogen) atoms. The molecule has 2 aliphatic heterocycles. The Morgan fingerprint density at radius 2 is 2.10 bits per heavy atom. The molecule has 6 heteroatoms. The maximum absolute atomic E-state index is 12.4. The van der Waals surface area contributed by atoms with Crippen LogP contribution in [0.1, 0.15) is 42.7 Å². The molecule has 2 saturated heterocycles. The fourth-order valence-electron chi connectivity index (χ4n) is 5.76. The molecular weight excluding hydrogens is 382 g/mol. The highest BCUT2D eigenvalue weighted by molar-refractivity contribution is 7.98. The van der Waals surface area contributed by atoms with Gasteiger partial charge in [-0.1, -0.05) is 12.1 Å². The quantitative estimate of drug-likeness (QED) is 0.754. The van der Waals surface area contributed by atoms with Crippen molar-refractivity contribution in [2.24, 2.45) is 5.92 Å². The van der Waals surface area contributed by atoms with Gasteiger partial charge in [0.1, 0.15) is 0 Å². The van der Waals surface area contributed by atoms with Crippen molar-refractivity contribution < 1.29 is 9.53 Å². The predicted molar refractivity (Wildman–Crippen MR) is 118 cm³/mol. The lowest BCUT2D eigenvalue weighted by Crippen LogP contribution is -2.49. The minimum atomic E-state index is -0.113. The van der Waals surface area contributed by atoms with E-state index in [4.69, 9.17) is 4.74 Å². The first-order valence-corrected chi connectivity index (χ1v) is 12.2. The molecule has 1 aromatic heterocycles. The lowest BCUT2D eigenvalue weighted by atomic mass is 9.72. The summed E-state index contributed by atoms with van der Waals surface area (Å²) in [6.45, 7) is 3.24. The zero-order chi connectivity index (χ0) is 20.0. The zero-order valence-electron chi connectivity index (χ0n) is 17.4. The normalized spacial score (nSPS) is 27.1. The number of nitrogens with zero attached hydrogens (tertiary/aromatic N) is 2. The number of ether oxygens (including phenoxy) is 1. The fourth-order valence-corrected chi connectivity index (χ4v) is 6.40. The van der Waals surface area contributed by atoms with Crippen LogP contribution in [0, 0.1) is 5.92 Å². The van der Waals surface area contributed by atoms with Crippen LogP contribution in [-0.2, 0) is 11.2 Å². The van der Waals surface area contributed by atoms with Gasteiger partial charge in [0.25, 0.3) is 0 Å². The molecule has 0 bridgehead atoms. The van der Waals surface area contributed by atoms with Crippen LogP contribution in [0.15, 0.2) is 23.2 Å². The largest absolute Gasteiger partial charge is 0.449 e. The molecule has 5 nitrogen and oxygen atoms in total. The number of likely N-dealkylation sites (tertiary alicyclic amines) is 2. The average Bonchev–Trinajstić information content (AvgIpc) is 3.12. The molecule has 2 aromatic rings. The number of aromatic amines is 1. The number of hydrogen-bond donors (Lipinski definition) is 1. The number of hydrogen-bond acceptors (Lipinski definition) is 4. The predicted octanol–water partition coefficient (Wildman–Crippen LogP) is 4.47. The Morgan fingerprint density at radius 3 is 2.90 bits per heavy atom. The monoisotopic (exact) mass is 413 g/mol. The molecule has 3 aliphatic rings. The number of carbonyl (C=O) groups is 1. The van der Waals surface area contributed by atoms with E-state index in [-0.39, 0.29) is 6.09 Å². The Balaban J connectivity index is 1.34. The van der Waals surface area contributed by atoms with E-state index in [2.05, 4.69) is 41.4 Å². The van der Waals surface area contributed by atoms with Gasteiger partial charge in [-0.3, -0.25) is 0 Å². The van der Waals surface area contributed by atoms with Crippen LogP contribution in [0.25, 0.3) is 10.9 Å². The van der Waals surface area contributed by atoms with Crippen molar-refractivity contribution in [3.63, 3.8) is 0 Å². The van der Waals surface area contributed by atoms with E-state index in [9.17, 15) is 4.79 Å². The van der Waals surface area contributed by atoms with Gasteiger partial charge in [-0.2, -0.15) is 0 Å². The number of nitrogens with one attached hydrogen (secondary N) is 1. The molecular formula is C23H31N3O2S. The van der Waals surface area contributed by atoms with E-state index in [1.54, 1.807) is 0 Å². The van der Waals surface area contributed by atoms with Gasteiger partial charge in [0.15, 0.2) is 0 Å². The smallest absolute Gasteiger partial charge is 0.409 e. The number of thioether (sulfide) groups is 1. The number of carbonyl (C=O) groups excluding carboxylic acids is 1. The standard InChI is InChI=1S/C23H31N3O2S/c1-25-13-15(14-28-23(27)26-9-4-3-5-10-26)11-17-16-7-6-8-19-21(16)18(12-20(17)25)22(24-19)29-2/h6-8,15,17,20,24H,3-5,9-14H2,1-2H3/t15-,17?,20-/m1/s1. The number of amides is 1. The highest BCUT2D eigenvalue weighted by Crippen LogP contribution is 2.46. The van der Waals surface area contributed by atoms with E-state index in [0.29, 0.717) is 24.5 Å². The van der Waals surface area contributed by atoms with Crippen molar-refractivity contribution in [3.05, 3.63) is 29.3 Å². The third kappa shape index (κ3) is 3.44. The summed E-state index contributed by atoms with van der Waals surface area (Å²) in [7, 11) is 2.24. The summed E-state index contributed by atoms with van der Waals surface area (Å²) in [5.41, 5.74) is 4.23. The fraction of sp³-hybridized carbons (Fsp3) is 0.609. The molecule has 5 rings (SSSR count). The third-order valence-corrected chi connectivity index (χ3v) is 7.92. The van der Waals surface area contributed by atoms with E-state index >= 15 is 0 Å². The summed E-state index contributed by atoms with van der Waals surface area (Å²) < 4.78 is 5.76. The number of H-pyrrole nitrogens is 1. The van der Waals surface area contributed by atoms with Crippen LogP contribution >= 0.6 is 11.8 Å². The molecule has 1 N–H and O–H groups in total. The highest BCUT2D eigenvalue weighted by Gasteiger charge is 2.40. The number of likely N-dealkylation sites (N-methyl/N-ethyl adjacent to an activating group) is 1. The summed E-state index contributed by atoms with van der Waals surface area (Å²) in [6, 6.07) is 7.23. The van der Waals surface area contributed by atoms with Crippen LogP contribution in [0.5, 0.6) is 0 Å². The minimum Gasteiger partial charge on any atom is -0.449 e. The van der Waals surface area contributed by atoms with Crippen molar-refractivity contribution >= 4 is 28.8 Å². The van der Waals surface area contributed by atoms with Crippen LogP contribution in [-0.4, -0.2) is 66.5 Å². The van der Waals surface area contributed by atoms with Gasteiger partial charge in [-0.25, -0.2) is 4.79 Å². The van der Waals surface area contributed by atoms with E-state index in [0.717, 1.165) is 45.3 Å². The SMILES string of the molecule is CSc1[nH]c2cccc3c2c1C[C@@H]1C3C[C@@H](COC(=O)N2CCCCC2)CN1C. The van der Waals surface area contributed by atoms with E-state index in [1.807, 2.05) is 16.7 Å². The number of piperidine rings is 2. The Bertz CT molecular complexity index is 905. The molecule has 0 spiro atoms. The molecule has 0 radical (unpaired) electrons. The molecule has 3 heterocycles. The average molecular weight is 414 g/mol. The van der Waals surface area contributed by atoms with E-state index < -0.39 is 0 Å². The molecule has 2 fully saturated rings. The summed E-state index contributed by atoms with van der Waals surface area (Å²) in [5, 5.41) is 2.76. The maximum atomic E-state index is 12.4. The van der Waals surface area contributed by atoms with Gasteiger partial charge in [-0.15, -0.1) is 11.8 Å². The Hall–Kier alpha value is -1.66. The van der Waals surface area contributed by atoms with Crippen molar-refractivity contribution in [3.8, 4) is 0 Å². The van der Waals surface area contributed by atoms with Gasteiger partial charge < -0.3 is 19.5 Å². The molecule has 1 amide bonds. The molecule has 1 aliphatic carbocycles. The second-order valence-corrected chi connectivity index (χ2v) is 9.77. The Morgan fingerprint density at radius 1 is 1.28 bits per heavy atom. The first kappa shape index (κ1) is 19.3. The Kier molecular flexibility index (Phi) is 5.25. The van der Waals surface area contributed by atoms with Crippen molar-refractivity contribution in [2.45, 2.75) is 49.1 Å². The van der Waals surface area contributed by atoms with Crippen LogP contribution < -0.4 is 0 Å². The number of aromatic nitrogens is 1. The number of fused-ring (bicyclic) bond motifs is 2. The van der Waals surface area contributed by atoms with Gasteiger partial charge >= 0.3 is 6.09 Å². The van der Waals surface area contributed by atoms with E-state index in [1.165, 1.54) is 33.5 Å². The summed E-state index contributed by atoms with van der Waals surface area (Å²) in [5.74, 6) is 0.903. The summed E-state index contributed by atoms with van der Waals surface area (Å²) in [6.07, 6.45) is 7.68. The minimum absolute atomic E-state index is 0.113. The zero-order valence-corrected chi connectivity index (χ0v) is 18.3. The first-order valence-electron chi connectivity index (χ1n) is 10.9. The summed E-state index contributed by atoms with van der Waals surface area (Å²) >= 11 is 1.82. The molecule has 1 unspecified atom stereocenters. The topological polar surface area (TPSA) is 48.6 Å².